The second-order valence-corrected chi connectivity index (χ2v) is 8.13. The Labute approximate surface area is 182 Å². The fourth-order valence-electron chi connectivity index (χ4n) is 2.54. The summed E-state index contributed by atoms with van der Waals surface area (Å²) in [6.07, 6.45) is -7.60. The third kappa shape index (κ3) is 5.97. The molecule has 0 saturated carbocycles. The first-order valence-electron chi connectivity index (χ1n) is 8.76. The van der Waals surface area contributed by atoms with Crippen molar-refractivity contribution in [1.29, 1.82) is 0 Å². The first-order valence-corrected chi connectivity index (χ1v) is 10.2. The van der Waals surface area contributed by atoms with Crippen molar-refractivity contribution in [1.82, 2.24) is 9.97 Å². The van der Waals surface area contributed by atoms with Crippen LogP contribution in [-0.4, -0.2) is 24.3 Å². The Balaban J connectivity index is 1.82. The molecule has 0 radical (unpaired) electrons. The molecule has 0 saturated heterocycles. The molecule has 0 atom stereocenters. The summed E-state index contributed by atoms with van der Waals surface area (Å²) in [6, 6.07) is 6.28. The van der Waals surface area contributed by atoms with Crippen molar-refractivity contribution < 1.29 is 39.6 Å². The zero-order valence-corrected chi connectivity index (χ0v) is 16.9. The van der Waals surface area contributed by atoms with Crippen LogP contribution in [0.5, 0.6) is 0 Å². The van der Waals surface area contributed by atoms with Gasteiger partial charge in [0.1, 0.15) is 0 Å². The van der Waals surface area contributed by atoms with Crippen LogP contribution >= 0.6 is 0 Å². The number of hydrogen-bond donors (Lipinski definition) is 2. The Morgan fingerprint density at radius 1 is 0.818 bits per heavy atom. The minimum absolute atomic E-state index is 0.0686. The SMILES string of the molecule is O=C(Nc1ccc(S(=O)(=O)Nc2ncccn2)cc1)c1cc(C(F)(F)F)cc(C(F)(F)F)c1. The second kappa shape index (κ2) is 8.69. The van der Waals surface area contributed by atoms with E-state index in [0.29, 0.717) is 0 Å². The Morgan fingerprint density at radius 2 is 1.33 bits per heavy atom. The lowest BCUT2D eigenvalue weighted by Crippen LogP contribution is -2.17. The number of carbonyl (C=O) groups excluding carboxylic acids is 1. The number of amides is 1. The predicted molar refractivity (Wildman–Crippen MR) is 104 cm³/mol. The van der Waals surface area contributed by atoms with Gasteiger partial charge in [0.15, 0.2) is 0 Å². The summed E-state index contributed by atoms with van der Waals surface area (Å²) in [4.78, 5) is 19.5. The number of sulfonamides is 1. The quantitative estimate of drug-likeness (QED) is 0.511. The van der Waals surface area contributed by atoms with E-state index in [-0.39, 0.29) is 34.7 Å². The Hall–Kier alpha value is -3.68. The van der Waals surface area contributed by atoms with Gasteiger partial charge in [0, 0.05) is 23.6 Å². The van der Waals surface area contributed by atoms with E-state index in [0.717, 1.165) is 24.3 Å². The van der Waals surface area contributed by atoms with Gasteiger partial charge in [0.2, 0.25) is 5.95 Å². The van der Waals surface area contributed by atoms with Crippen molar-refractivity contribution in [2.45, 2.75) is 17.2 Å². The number of anilines is 2. The van der Waals surface area contributed by atoms with Gasteiger partial charge in [0.05, 0.1) is 16.0 Å². The highest BCUT2D eigenvalue weighted by Crippen LogP contribution is 2.36. The number of hydrogen-bond acceptors (Lipinski definition) is 5. The lowest BCUT2D eigenvalue weighted by atomic mass is 10.0. The van der Waals surface area contributed by atoms with Gasteiger partial charge in [-0.05, 0) is 48.5 Å². The summed E-state index contributed by atoms with van der Waals surface area (Å²) in [7, 11) is -4.09. The van der Waals surface area contributed by atoms with Gasteiger partial charge in [-0.3, -0.25) is 4.79 Å². The van der Waals surface area contributed by atoms with E-state index in [1.807, 2.05) is 0 Å². The molecule has 0 aliphatic rings. The van der Waals surface area contributed by atoms with Crippen LogP contribution in [0.15, 0.2) is 65.8 Å². The Morgan fingerprint density at radius 3 is 1.82 bits per heavy atom. The van der Waals surface area contributed by atoms with Gasteiger partial charge in [-0.15, -0.1) is 0 Å². The van der Waals surface area contributed by atoms with Crippen LogP contribution < -0.4 is 10.0 Å². The fraction of sp³-hybridized carbons (Fsp3) is 0.105. The van der Waals surface area contributed by atoms with E-state index in [4.69, 9.17) is 0 Å². The standard InChI is InChI=1S/C19H12F6N4O3S/c20-18(21,22)12-8-11(9-13(10-12)19(23,24)25)16(30)28-14-2-4-15(5-3-14)33(31,32)29-17-26-6-1-7-27-17/h1-10H,(H,28,30)(H,26,27,29). The first-order chi connectivity index (χ1) is 15.3. The molecular weight excluding hydrogens is 478 g/mol. The molecule has 3 aromatic rings. The van der Waals surface area contributed by atoms with Crippen LogP contribution in [0.4, 0.5) is 38.0 Å². The average Bonchev–Trinajstić information content (AvgIpc) is 2.73. The van der Waals surface area contributed by atoms with Crippen LogP contribution in [0.25, 0.3) is 0 Å². The molecule has 14 heteroatoms. The second-order valence-electron chi connectivity index (χ2n) is 6.45. The molecular formula is C19H12F6N4O3S. The molecule has 0 aliphatic carbocycles. The zero-order chi connectivity index (χ0) is 24.4. The molecule has 0 unspecified atom stereocenters. The van der Waals surface area contributed by atoms with E-state index >= 15 is 0 Å². The maximum absolute atomic E-state index is 13.0. The van der Waals surface area contributed by atoms with E-state index in [1.165, 1.54) is 18.5 Å². The summed E-state index contributed by atoms with van der Waals surface area (Å²) in [6.45, 7) is 0. The van der Waals surface area contributed by atoms with Gasteiger partial charge in [0.25, 0.3) is 15.9 Å². The van der Waals surface area contributed by atoms with Crippen molar-refractivity contribution >= 4 is 27.6 Å². The van der Waals surface area contributed by atoms with Crippen LogP contribution in [0.2, 0.25) is 0 Å². The molecule has 2 N–H and O–H groups in total. The maximum atomic E-state index is 13.0. The number of benzene rings is 2. The van der Waals surface area contributed by atoms with Crippen LogP contribution in [0.1, 0.15) is 21.5 Å². The average molecular weight is 490 g/mol. The third-order valence-electron chi connectivity index (χ3n) is 4.06. The lowest BCUT2D eigenvalue weighted by molar-refractivity contribution is -0.143. The molecule has 0 spiro atoms. The van der Waals surface area contributed by atoms with E-state index in [2.05, 4.69) is 20.0 Å². The van der Waals surface area contributed by atoms with Crippen molar-refractivity contribution in [3.05, 3.63) is 77.6 Å². The number of aromatic nitrogens is 2. The predicted octanol–water partition coefficient (Wildman–Crippen LogP) is 4.57. The van der Waals surface area contributed by atoms with Gasteiger partial charge in [-0.1, -0.05) is 0 Å². The fourth-order valence-corrected chi connectivity index (χ4v) is 3.50. The summed E-state index contributed by atoms with van der Waals surface area (Å²) in [5.74, 6) is -1.45. The Kier molecular flexibility index (Phi) is 6.31. The minimum atomic E-state index is -5.11. The van der Waals surface area contributed by atoms with Crippen LogP contribution in [-0.2, 0) is 22.4 Å². The van der Waals surface area contributed by atoms with Crippen molar-refractivity contribution in [3.63, 3.8) is 0 Å². The van der Waals surface area contributed by atoms with Crippen LogP contribution in [0.3, 0.4) is 0 Å². The molecule has 3 rings (SSSR count). The van der Waals surface area contributed by atoms with Crippen molar-refractivity contribution in [3.8, 4) is 0 Å². The van der Waals surface area contributed by atoms with Gasteiger partial charge in [-0.25, -0.2) is 23.1 Å². The number of alkyl halides is 6. The number of halogens is 6. The molecule has 7 nitrogen and oxygen atoms in total. The summed E-state index contributed by atoms with van der Waals surface area (Å²) >= 11 is 0. The molecule has 2 aromatic carbocycles. The molecule has 0 bridgehead atoms. The first kappa shape index (κ1) is 24.0. The van der Waals surface area contributed by atoms with Crippen LogP contribution in [0, 0.1) is 0 Å². The molecule has 0 fully saturated rings. The van der Waals surface area contributed by atoms with E-state index in [1.54, 1.807) is 0 Å². The molecule has 33 heavy (non-hydrogen) atoms. The highest BCUT2D eigenvalue weighted by Gasteiger charge is 2.37. The summed E-state index contributed by atoms with van der Waals surface area (Å²) < 4.78 is 105. The number of rotatable bonds is 5. The highest BCUT2D eigenvalue weighted by atomic mass is 32.2. The monoisotopic (exact) mass is 490 g/mol. The normalized spacial score (nSPS) is 12.3. The smallest absolute Gasteiger partial charge is 0.322 e. The third-order valence-corrected chi connectivity index (χ3v) is 5.41. The van der Waals surface area contributed by atoms with Crippen molar-refractivity contribution in [2.24, 2.45) is 0 Å². The number of carbonyl (C=O) groups is 1. The molecule has 0 aliphatic heterocycles. The lowest BCUT2D eigenvalue weighted by Gasteiger charge is -2.14. The molecule has 1 amide bonds. The van der Waals surface area contributed by atoms with Gasteiger partial charge < -0.3 is 5.32 Å². The topological polar surface area (TPSA) is 101 Å². The van der Waals surface area contributed by atoms with Gasteiger partial charge >= 0.3 is 12.4 Å². The number of nitrogens with one attached hydrogen (secondary N) is 2. The molecule has 174 valence electrons. The Bertz CT molecular complexity index is 1230. The largest absolute Gasteiger partial charge is 0.416 e. The molecule has 1 aromatic heterocycles. The molecule has 1 heterocycles. The maximum Gasteiger partial charge on any atom is 0.416 e. The number of nitrogens with zero attached hydrogens (tertiary/aromatic N) is 2. The zero-order valence-electron chi connectivity index (χ0n) is 16.1. The van der Waals surface area contributed by atoms with E-state index in [9.17, 15) is 39.6 Å². The minimum Gasteiger partial charge on any atom is -0.322 e. The summed E-state index contributed by atoms with van der Waals surface area (Å²) in [5.41, 5.74) is -4.23. The summed E-state index contributed by atoms with van der Waals surface area (Å²) in [5, 5.41) is 2.13. The van der Waals surface area contributed by atoms with Crippen molar-refractivity contribution in [2.75, 3.05) is 10.0 Å². The van der Waals surface area contributed by atoms with Gasteiger partial charge in [-0.2, -0.15) is 26.3 Å². The highest BCUT2D eigenvalue weighted by molar-refractivity contribution is 7.92. The van der Waals surface area contributed by atoms with E-state index < -0.39 is 45.0 Å².